The fraction of sp³-hybridized carbons (Fsp3) is 0.211. The second-order valence-electron chi connectivity index (χ2n) is 5.69. The Morgan fingerprint density at radius 1 is 1.19 bits per heavy atom. The minimum atomic E-state index is -0.395. The third kappa shape index (κ3) is 4.05. The van der Waals surface area contributed by atoms with Crippen molar-refractivity contribution in [3.05, 3.63) is 54.1 Å². The molecule has 0 aliphatic heterocycles. The highest BCUT2D eigenvalue weighted by atomic mass is 32.2. The van der Waals surface area contributed by atoms with Gasteiger partial charge in [0.15, 0.2) is 11.0 Å². The predicted molar refractivity (Wildman–Crippen MR) is 103 cm³/mol. The molecule has 2 N–H and O–H groups in total. The number of nitrogens with two attached hydrogens (primary N) is 1. The summed E-state index contributed by atoms with van der Waals surface area (Å²) in [5, 5.41) is 9.23. The number of hydrogen-bond donors (Lipinski definition) is 1. The number of primary amides is 1. The third-order valence-corrected chi connectivity index (χ3v) is 4.61. The summed E-state index contributed by atoms with van der Waals surface area (Å²) in [6, 6.07) is 15.8. The second kappa shape index (κ2) is 8.05. The summed E-state index contributed by atoms with van der Waals surface area (Å²) in [5.41, 5.74) is 8.27. The lowest BCUT2D eigenvalue weighted by Crippen LogP contribution is -2.13. The maximum Gasteiger partial charge on any atom is 0.227 e. The molecule has 0 fully saturated rings. The van der Waals surface area contributed by atoms with E-state index in [1.54, 1.807) is 0 Å². The van der Waals surface area contributed by atoms with Crippen LogP contribution in [0.15, 0.2) is 53.7 Å². The first-order chi connectivity index (χ1) is 12.6. The van der Waals surface area contributed by atoms with Crippen LogP contribution in [0.5, 0.6) is 5.75 Å². The SMILES string of the molecule is CCOc1ccc(-n2c(SCC(N)=O)nnc2-c2cccc(C)c2)cc1. The standard InChI is InChI=1S/C19H20N4O2S/c1-3-25-16-9-7-15(8-10-16)23-18(14-6-4-5-13(2)11-14)21-22-19(23)26-12-17(20)24/h4-11H,3,12H2,1-2H3,(H2,20,24). The molecule has 0 spiro atoms. The maximum atomic E-state index is 11.2. The summed E-state index contributed by atoms with van der Waals surface area (Å²) in [6.07, 6.45) is 0. The topological polar surface area (TPSA) is 83.0 Å². The Hall–Kier alpha value is -2.80. The number of thioether (sulfide) groups is 1. The van der Waals surface area contributed by atoms with Crippen molar-refractivity contribution in [2.45, 2.75) is 19.0 Å². The van der Waals surface area contributed by atoms with Crippen LogP contribution in [-0.4, -0.2) is 33.0 Å². The minimum absolute atomic E-state index is 0.142. The Bertz CT molecular complexity index is 906. The molecule has 0 radical (unpaired) electrons. The zero-order valence-corrected chi connectivity index (χ0v) is 15.5. The zero-order valence-electron chi connectivity index (χ0n) is 14.7. The number of carbonyl (C=O) groups is 1. The maximum absolute atomic E-state index is 11.2. The van der Waals surface area contributed by atoms with Gasteiger partial charge in [0, 0.05) is 11.3 Å². The number of amides is 1. The lowest BCUT2D eigenvalue weighted by molar-refractivity contribution is -0.115. The summed E-state index contributed by atoms with van der Waals surface area (Å²) in [4.78, 5) is 11.2. The summed E-state index contributed by atoms with van der Waals surface area (Å²) < 4.78 is 7.44. The van der Waals surface area contributed by atoms with E-state index in [-0.39, 0.29) is 5.75 Å². The molecule has 3 rings (SSSR count). The van der Waals surface area contributed by atoms with Crippen molar-refractivity contribution in [1.29, 1.82) is 0 Å². The van der Waals surface area contributed by atoms with Gasteiger partial charge < -0.3 is 10.5 Å². The molecule has 2 aromatic carbocycles. The highest BCUT2D eigenvalue weighted by Gasteiger charge is 2.17. The van der Waals surface area contributed by atoms with Gasteiger partial charge in [-0.15, -0.1) is 10.2 Å². The van der Waals surface area contributed by atoms with E-state index in [0.29, 0.717) is 17.6 Å². The molecular weight excluding hydrogens is 348 g/mol. The van der Waals surface area contributed by atoms with E-state index in [2.05, 4.69) is 16.3 Å². The largest absolute Gasteiger partial charge is 0.494 e. The number of ether oxygens (including phenoxy) is 1. The molecule has 3 aromatic rings. The first-order valence-electron chi connectivity index (χ1n) is 8.25. The minimum Gasteiger partial charge on any atom is -0.494 e. The van der Waals surface area contributed by atoms with Crippen molar-refractivity contribution < 1.29 is 9.53 Å². The molecule has 0 saturated carbocycles. The molecule has 26 heavy (non-hydrogen) atoms. The second-order valence-corrected chi connectivity index (χ2v) is 6.64. The average Bonchev–Trinajstić information content (AvgIpc) is 3.05. The molecule has 134 valence electrons. The van der Waals surface area contributed by atoms with Crippen molar-refractivity contribution in [1.82, 2.24) is 14.8 Å². The number of carbonyl (C=O) groups excluding carboxylic acids is 1. The van der Waals surface area contributed by atoms with Gasteiger partial charge in [-0.25, -0.2) is 0 Å². The molecular formula is C19H20N4O2S. The number of aromatic nitrogens is 3. The van der Waals surface area contributed by atoms with Crippen LogP contribution >= 0.6 is 11.8 Å². The molecule has 0 saturated heterocycles. The zero-order chi connectivity index (χ0) is 18.5. The Kier molecular flexibility index (Phi) is 5.58. The van der Waals surface area contributed by atoms with Gasteiger partial charge in [0.05, 0.1) is 12.4 Å². The fourth-order valence-electron chi connectivity index (χ4n) is 2.56. The molecule has 0 aliphatic carbocycles. The van der Waals surface area contributed by atoms with E-state index in [9.17, 15) is 4.79 Å². The molecule has 0 bridgehead atoms. The van der Waals surface area contributed by atoms with Gasteiger partial charge in [-0.05, 0) is 44.2 Å². The molecule has 0 aliphatic rings. The quantitative estimate of drug-likeness (QED) is 0.648. The van der Waals surface area contributed by atoms with Crippen LogP contribution in [0.2, 0.25) is 0 Å². The lowest BCUT2D eigenvalue weighted by Gasteiger charge is -2.11. The van der Waals surface area contributed by atoms with E-state index >= 15 is 0 Å². The number of nitrogens with zero attached hydrogens (tertiary/aromatic N) is 3. The summed E-state index contributed by atoms with van der Waals surface area (Å²) in [5.74, 6) is 1.26. The van der Waals surface area contributed by atoms with Crippen molar-refractivity contribution in [2.75, 3.05) is 12.4 Å². The van der Waals surface area contributed by atoms with E-state index in [1.807, 2.05) is 60.9 Å². The van der Waals surface area contributed by atoms with Crippen LogP contribution in [0, 0.1) is 6.92 Å². The molecule has 0 atom stereocenters. The van der Waals surface area contributed by atoms with Crippen LogP contribution in [0.3, 0.4) is 0 Å². The molecule has 0 unspecified atom stereocenters. The van der Waals surface area contributed by atoms with Crippen molar-refractivity contribution in [2.24, 2.45) is 5.73 Å². The van der Waals surface area contributed by atoms with Gasteiger partial charge >= 0.3 is 0 Å². The normalized spacial score (nSPS) is 10.7. The van der Waals surface area contributed by atoms with Gasteiger partial charge in [-0.1, -0.05) is 35.5 Å². The predicted octanol–water partition coefficient (Wildman–Crippen LogP) is 3.22. The smallest absolute Gasteiger partial charge is 0.227 e. The number of aryl methyl sites for hydroxylation is 1. The van der Waals surface area contributed by atoms with Crippen molar-refractivity contribution in [3.63, 3.8) is 0 Å². The summed E-state index contributed by atoms with van der Waals surface area (Å²) in [7, 11) is 0. The number of hydrogen-bond acceptors (Lipinski definition) is 5. The highest BCUT2D eigenvalue weighted by Crippen LogP contribution is 2.29. The third-order valence-electron chi connectivity index (χ3n) is 3.66. The Balaban J connectivity index is 2.06. The van der Waals surface area contributed by atoms with Gasteiger partial charge in [0.2, 0.25) is 5.91 Å². The molecule has 7 heteroatoms. The van der Waals surface area contributed by atoms with Crippen LogP contribution in [0.4, 0.5) is 0 Å². The van der Waals surface area contributed by atoms with Gasteiger partial charge in [0.25, 0.3) is 0 Å². The highest BCUT2D eigenvalue weighted by molar-refractivity contribution is 7.99. The Morgan fingerprint density at radius 3 is 2.62 bits per heavy atom. The van der Waals surface area contributed by atoms with Gasteiger partial charge in [-0.2, -0.15) is 0 Å². The average molecular weight is 368 g/mol. The van der Waals surface area contributed by atoms with Crippen LogP contribution < -0.4 is 10.5 Å². The monoisotopic (exact) mass is 368 g/mol. The Morgan fingerprint density at radius 2 is 1.96 bits per heavy atom. The van der Waals surface area contributed by atoms with Gasteiger partial charge in [0.1, 0.15) is 5.75 Å². The fourth-order valence-corrected chi connectivity index (χ4v) is 3.25. The van der Waals surface area contributed by atoms with Crippen LogP contribution in [-0.2, 0) is 4.79 Å². The van der Waals surface area contributed by atoms with Crippen molar-refractivity contribution >= 4 is 17.7 Å². The Labute approximate surface area is 156 Å². The van der Waals surface area contributed by atoms with E-state index < -0.39 is 5.91 Å². The first-order valence-corrected chi connectivity index (χ1v) is 9.24. The van der Waals surface area contributed by atoms with Crippen LogP contribution in [0.25, 0.3) is 17.1 Å². The van der Waals surface area contributed by atoms with Crippen LogP contribution in [0.1, 0.15) is 12.5 Å². The van der Waals surface area contributed by atoms with Gasteiger partial charge in [-0.3, -0.25) is 9.36 Å². The van der Waals surface area contributed by atoms with E-state index in [1.165, 1.54) is 11.8 Å². The van der Waals surface area contributed by atoms with E-state index in [4.69, 9.17) is 10.5 Å². The summed E-state index contributed by atoms with van der Waals surface area (Å²) >= 11 is 1.27. The number of rotatable bonds is 7. The lowest BCUT2D eigenvalue weighted by atomic mass is 10.1. The number of benzene rings is 2. The van der Waals surface area contributed by atoms with Crippen molar-refractivity contribution in [3.8, 4) is 22.8 Å². The molecule has 1 aromatic heterocycles. The molecule has 1 heterocycles. The molecule has 1 amide bonds. The molecule has 6 nitrogen and oxygen atoms in total. The summed E-state index contributed by atoms with van der Waals surface area (Å²) in [6.45, 7) is 4.59. The first kappa shape index (κ1) is 18.0. The van der Waals surface area contributed by atoms with E-state index in [0.717, 1.165) is 22.6 Å².